The van der Waals surface area contributed by atoms with Crippen LogP contribution in [0.5, 0.6) is 0 Å². The van der Waals surface area contributed by atoms with Gasteiger partial charge in [0.1, 0.15) is 19.3 Å². The summed E-state index contributed by atoms with van der Waals surface area (Å²) in [5.41, 5.74) is 0. The molecule has 582 valence electrons. The smallest absolute Gasteiger partial charge is 0.462 e. The summed E-state index contributed by atoms with van der Waals surface area (Å²) in [5.74, 6) is 0.924. The molecule has 17 nitrogen and oxygen atoms in total. The maximum Gasteiger partial charge on any atom is 0.472 e. The molecule has 2 unspecified atom stereocenters. The highest BCUT2D eigenvalue weighted by Gasteiger charge is 2.30. The molecule has 0 saturated carbocycles. The summed E-state index contributed by atoms with van der Waals surface area (Å²) >= 11 is 0. The van der Waals surface area contributed by atoms with Crippen molar-refractivity contribution in [1.29, 1.82) is 0 Å². The van der Waals surface area contributed by atoms with E-state index in [-0.39, 0.29) is 25.7 Å². The number of hydrogen-bond acceptors (Lipinski definition) is 15. The highest BCUT2D eigenvalue weighted by Crippen LogP contribution is 2.45. The molecule has 0 aromatic carbocycles. The Kier molecular flexibility index (Phi) is 66.8. The van der Waals surface area contributed by atoms with Gasteiger partial charge >= 0.3 is 39.5 Å². The van der Waals surface area contributed by atoms with Crippen molar-refractivity contribution in [2.45, 2.75) is 420 Å². The Bertz CT molecular complexity index is 1920. The van der Waals surface area contributed by atoms with E-state index in [0.29, 0.717) is 31.6 Å². The zero-order chi connectivity index (χ0) is 72.4. The van der Waals surface area contributed by atoms with Crippen LogP contribution >= 0.6 is 15.6 Å². The fourth-order valence-corrected chi connectivity index (χ4v) is 13.7. The third-order valence-electron chi connectivity index (χ3n) is 18.3. The van der Waals surface area contributed by atoms with Crippen LogP contribution in [0, 0.1) is 23.7 Å². The molecular formula is C79H154O17P2. The molecule has 19 heteroatoms. The van der Waals surface area contributed by atoms with E-state index in [2.05, 4.69) is 55.4 Å². The number of ether oxygens (including phenoxy) is 4. The van der Waals surface area contributed by atoms with Gasteiger partial charge in [-0.05, 0) is 49.4 Å². The van der Waals surface area contributed by atoms with Gasteiger partial charge in [-0.1, -0.05) is 351 Å². The first-order valence-electron chi connectivity index (χ1n) is 40.7. The normalized spacial score (nSPS) is 14.1. The molecule has 0 amide bonds. The zero-order valence-corrected chi connectivity index (χ0v) is 66.2. The molecule has 0 saturated heterocycles. The average molecular weight is 1440 g/mol. The van der Waals surface area contributed by atoms with Crippen LogP contribution in [0.25, 0.3) is 0 Å². The maximum absolute atomic E-state index is 13.1. The number of aliphatic hydroxyl groups is 1. The number of esters is 4. The van der Waals surface area contributed by atoms with Crippen molar-refractivity contribution in [3.05, 3.63) is 0 Å². The molecule has 0 spiro atoms. The molecule has 0 aliphatic heterocycles. The van der Waals surface area contributed by atoms with Crippen LogP contribution in [0.3, 0.4) is 0 Å². The molecule has 0 heterocycles. The molecule has 0 radical (unpaired) electrons. The van der Waals surface area contributed by atoms with E-state index >= 15 is 0 Å². The minimum Gasteiger partial charge on any atom is -0.462 e. The molecule has 0 aromatic heterocycles. The summed E-state index contributed by atoms with van der Waals surface area (Å²) in [6.45, 7) is 14.2. The lowest BCUT2D eigenvalue weighted by molar-refractivity contribution is -0.161. The highest BCUT2D eigenvalue weighted by molar-refractivity contribution is 7.47. The molecule has 0 fully saturated rings. The number of rotatable bonds is 76. The Balaban J connectivity index is 5.21. The fraction of sp³-hybridized carbons (Fsp3) is 0.949. The summed E-state index contributed by atoms with van der Waals surface area (Å²) in [6, 6.07) is 0. The van der Waals surface area contributed by atoms with E-state index in [9.17, 15) is 43.2 Å². The van der Waals surface area contributed by atoms with Crippen molar-refractivity contribution >= 4 is 39.5 Å². The van der Waals surface area contributed by atoms with Gasteiger partial charge < -0.3 is 33.8 Å². The van der Waals surface area contributed by atoms with Gasteiger partial charge in [-0.2, -0.15) is 0 Å². The summed E-state index contributed by atoms with van der Waals surface area (Å²) < 4.78 is 68.6. The van der Waals surface area contributed by atoms with E-state index in [1.165, 1.54) is 199 Å². The quantitative estimate of drug-likeness (QED) is 0.0222. The van der Waals surface area contributed by atoms with E-state index in [4.69, 9.17) is 37.0 Å². The minimum absolute atomic E-state index is 0.106. The molecule has 0 rings (SSSR count). The van der Waals surface area contributed by atoms with Gasteiger partial charge in [0.25, 0.3) is 0 Å². The molecule has 0 aromatic rings. The molecule has 0 bridgehead atoms. The van der Waals surface area contributed by atoms with Crippen LogP contribution in [0.1, 0.15) is 402 Å². The van der Waals surface area contributed by atoms with Crippen molar-refractivity contribution < 1.29 is 80.2 Å². The Hall–Kier alpha value is -1.94. The van der Waals surface area contributed by atoms with E-state index < -0.39 is 97.5 Å². The van der Waals surface area contributed by atoms with Gasteiger partial charge in [-0.3, -0.25) is 37.3 Å². The average Bonchev–Trinajstić information content (AvgIpc) is 0.950. The van der Waals surface area contributed by atoms with Crippen LogP contribution in [-0.4, -0.2) is 96.7 Å². The third kappa shape index (κ3) is 72.4. The zero-order valence-electron chi connectivity index (χ0n) is 64.4. The molecule has 0 aliphatic rings. The number of aliphatic hydroxyl groups excluding tert-OH is 1. The summed E-state index contributed by atoms with van der Waals surface area (Å²) in [5, 5.41) is 10.6. The van der Waals surface area contributed by atoms with Crippen LogP contribution in [-0.2, 0) is 65.4 Å². The standard InChI is InChI=1S/C79H154O17P2/c1-69(2)55-47-39-31-25-19-15-11-9-10-12-17-21-29-35-45-53-61-78(83)95-74(65-89-76(81)59-51-43-34-28-24-23-27-33-41-49-57-71(5)6)67-93-97(85,86)91-63-73(80)64-92-98(87,88)94-68-75(66-90-77(82)60-52-44-38-37-42-50-58-72(7)8)96-79(84)62-54-46-36-30-22-18-14-13-16-20-26-32-40-48-56-70(3)4/h69-75,80H,9-68H2,1-8H3,(H,85,86)(H,87,88)/t73-,74-,75-/m1/s1. The lowest BCUT2D eigenvalue weighted by atomic mass is 10.0. The first-order valence-corrected chi connectivity index (χ1v) is 43.7. The van der Waals surface area contributed by atoms with Crippen molar-refractivity contribution in [3.63, 3.8) is 0 Å². The topological polar surface area (TPSA) is 237 Å². The highest BCUT2D eigenvalue weighted by atomic mass is 31.2. The van der Waals surface area contributed by atoms with Crippen LogP contribution in [0.2, 0.25) is 0 Å². The van der Waals surface area contributed by atoms with Crippen molar-refractivity contribution in [2.24, 2.45) is 23.7 Å². The second-order valence-corrected chi connectivity index (χ2v) is 33.3. The Morgan fingerprint density at radius 1 is 0.255 bits per heavy atom. The predicted molar refractivity (Wildman–Crippen MR) is 400 cm³/mol. The van der Waals surface area contributed by atoms with Gasteiger partial charge in [0.15, 0.2) is 12.2 Å². The molecule has 0 aliphatic carbocycles. The first-order chi connectivity index (χ1) is 47.1. The van der Waals surface area contributed by atoms with E-state index in [1.54, 1.807) is 0 Å². The van der Waals surface area contributed by atoms with Crippen LogP contribution < -0.4 is 0 Å². The van der Waals surface area contributed by atoms with Gasteiger partial charge in [0.2, 0.25) is 0 Å². The minimum atomic E-state index is -4.96. The Morgan fingerprint density at radius 2 is 0.429 bits per heavy atom. The van der Waals surface area contributed by atoms with E-state index in [0.717, 1.165) is 114 Å². The van der Waals surface area contributed by atoms with Gasteiger partial charge in [-0.25, -0.2) is 9.13 Å². The molecule has 5 atom stereocenters. The molecular weight excluding hydrogens is 1280 g/mol. The largest absolute Gasteiger partial charge is 0.472 e. The van der Waals surface area contributed by atoms with Crippen LogP contribution in [0.4, 0.5) is 0 Å². The SMILES string of the molecule is CC(C)CCCCCCCCCCCCCCCCCCC(=O)O[C@H](COC(=O)CCCCCCCCCCCCC(C)C)COP(=O)(O)OC[C@@H](O)COP(=O)(O)OC[C@@H](COC(=O)CCCCCCCCC(C)C)OC(=O)CCCCCCCCCCCCCCCCC(C)C. The van der Waals surface area contributed by atoms with Crippen molar-refractivity contribution in [3.8, 4) is 0 Å². The maximum atomic E-state index is 13.1. The van der Waals surface area contributed by atoms with Crippen molar-refractivity contribution in [1.82, 2.24) is 0 Å². The molecule has 98 heavy (non-hydrogen) atoms. The fourth-order valence-electron chi connectivity index (χ4n) is 12.1. The third-order valence-corrected chi connectivity index (χ3v) is 20.2. The number of phosphoric acid groups is 2. The second kappa shape index (κ2) is 68.2. The number of hydrogen-bond donors (Lipinski definition) is 3. The van der Waals surface area contributed by atoms with E-state index in [1.807, 2.05) is 0 Å². The number of carbonyl (C=O) groups is 4. The number of phosphoric ester groups is 2. The van der Waals surface area contributed by atoms with Gasteiger partial charge in [-0.15, -0.1) is 0 Å². The molecule has 3 N–H and O–H groups in total. The van der Waals surface area contributed by atoms with Crippen molar-refractivity contribution in [2.75, 3.05) is 39.6 Å². The van der Waals surface area contributed by atoms with Gasteiger partial charge in [0.05, 0.1) is 26.4 Å². The first kappa shape index (κ1) is 96.1. The van der Waals surface area contributed by atoms with Gasteiger partial charge in [0, 0.05) is 25.7 Å². The lowest BCUT2D eigenvalue weighted by Gasteiger charge is -2.21. The summed E-state index contributed by atoms with van der Waals surface area (Å²) in [7, 11) is -9.92. The monoisotopic (exact) mass is 1440 g/mol. The predicted octanol–water partition coefficient (Wildman–Crippen LogP) is 23.2. The lowest BCUT2D eigenvalue weighted by Crippen LogP contribution is -2.30. The Labute approximate surface area is 600 Å². The number of unbranched alkanes of at least 4 members (excludes halogenated alkanes) is 42. The van der Waals surface area contributed by atoms with Crippen LogP contribution in [0.15, 0.2) is 0 Å². The Morgan fingerprint density at radius 3 is 0.633 bits per heavy atom. The summed E-state index contributed by atoms with van der Waals surface area (Å²) in [6.07, 6.45) is 54.3. The second-order valence-electron chi connectivity index (χ2n) is 30.4. The number of carbonyl (C=O) groups excluding carboxylic acids is 4. The summed E-state index contributed by atoms with van der Waals surface area (Å²) in [4.78, 5) is 72.9.